The number of aryl methyl sites for hydroxylation is 1. The highest BCUT2D eigenvalue weighted by Crippen LogP contribution is 2.23. The first kappa shape index (κ1) is 13.6. The molecule has 0 saturated heterocycles. The highest BCUT2D eigenvalue weighted by Gasteiger charge is 2.13. The molecule has 5 nitrogen and oxygen atoms in total. The lowest BCUT2D eigenvalue weighted by molar-refractivity contribution is 0.630. The van der Waals surface area contributed by atoms with Crippen LogP contribution in [0, 0.1) is 5.82 Å². The first-order chi connectivity index (χ1) is 10.1. The maximum Gasteiger partial charge on any atom is 0.261 e. The number of hydrogen-bond donors (Lipinski definition) is 0. The maximum atomic E-state index is 14.2. The normalized spacial score (nSPS) is 11.0. The van der Waals surface area contributed by atoms with Crippen LogP contribution in [0.1, 0.15) is 6.92 Å². The predicted octanol–water partition coefficient (Wildman–Crippen LogP) is 2.67. The van der Waals surface area contributed by atoms with E-state index in [4.69, 9.17) is 11.6 Å². The van der Waals surface area contributed by atoms with Gasteiger partial charge >= 0.3 is 0 Å². The minimum atomic E-state index is -0.572. The van der Waals surface area contributed by atoms with Crippen LogP contribution in [0.15, 0.2) is 35.6 Å². The molecule has 21 heavy (non-hydrogen) atoms. The molecule has 0 amide bonds. The summed E-state index contributed by atoms with van der Waals surface area (Å²) in [5.74, 6) is -0.377. The lowest BCUT2D eigenvalue weighted by Gasteiger charge is -2.06. The summed E-state index contributed by atoms with van der Waals surface area (Å²) in [6.45, 7) is 2.30. The number of rotatable bonds is 2. The average Bonchev–Trinajstić information content (AvgIpc) is 2.49. The Balaban J connectivity index is 2.25. The van der Waals surface area contributed by atoms with Crippen LogP contribution in [-0.4, -0.2) is 19.5 Å². The zero-order chi connectivity index (χ0) is 15.0. The van der Waals surface area contributed by atoms with Gasteiger partial charge in [0.1, 0.15) is 5.82 Å². The molecule has 0 atom stereocenters. The molecule has 0 spiro atoms. The van der Waals surface area contributed by atoms with Crippen molar-refractivity contribution in [1.82, 2.24) is 19.5 Å². The van der Waals surface area contributed by atoms with Gasteiger partial charge in [-0.15, -0.1) is 0 Å². The van der Waals surface area contributed by atoms with Crippen LogP contribution in [-0.2, 0) is 6.54 Å². The van der Waals surface area contributed by atoms with Crippen molar-refractivity contribution in [1.29, 1.82) is 0 Å². The fourth-order valence-corrected chi connectivity index (χ4v) is 2.12. The van der Waals surface area contributed by atoms with Crippen molar-refractivity contribution in [2.75, 3.05) is 0 Å². The van der Waals surface area contributed by atoms with E-state index in [1.807, 2.05) is 6.92 Å². The molecular formula is C14H10ClFN4O. The highest BCUT2D eigenvalue weighted by atomic mass is 35.5. The van der Waals surface area contributed by atoms with Crippen LogP contribution in [0.5, 0.6) is 0 Å². The van der Waals surface area contributed by atoms with E-state index in [0.717, 1.165) is 0 Å². The minimum absolute atomic E-state index is 0.181. The SMILES string of the molecule is CCn1cnc2cc(-c3ncc(Cl)cn3)c(F)cc2c1=O. The van der Waals surface area contributed by atoms with Crippen molar-refractivity contribution in [3.63, 3.8) is 0 Å². The Morgan fingerprint density at radius 2 is 1.95 bits per heavy atom. The zero-order valence-electron chi connectivity index (χ0n) is 11.0. The molecule has 0 aliphatic rings. The van der Waals surface area contributed by atoms with Gasteiger partial charge in [0, 0.05) is 18.9 Å². The first-order valence-electron chi connectivity index (χ1n) is 6.26. The number of benzene rings is 1. The number of halogens is 2. The number of nitrogens with zero attached hydrogens (tertiary/aromatic N) is 4. The third-order valence-electron chi connectivity index (χ3n) is 3.11. The lowest BCUT2D eigenvalue weighted by Crippen LogP contribution is -2.19. The molecule has 0 aliphatic heterocycles. The summed E-state index contributed by atoms with van der Waals surface area (Å²) < 4.78 is 15.6. The molecule has 0 saturated carbocycles. The fraction of sp³-hybridized carbons (Fsp3) is 0.143. The Hall–Kier alpha value is -2.34. The van der Waals surface area contributed by atoms with Crippen LogP contribution >= 0.6 is 11.6 Å². The molecule has 0 aliphatic carbocycles. The molecule has 2 aromatic heterocycles. The zero-order valence-corrected chi connectivity index (χ0v) is 11.8. The van der Waals surface area contributed by atoms with Gasteiger partial charge < -0.3 is 0 Å². The molecule has 3 aromatic rings. The Labute approximate surface area is 124 Å². The van der Waals surface area contributed by atoms with Crippen LogP contribution < -0.4 is 5.56 Å². The summed E-state index contributed by atoms with van der Waals surface area (Å²) in [6.07, 6.45) is 4.21. The van der Waals surface area contributed by atoms with Gasteiger partial charge in [-0.3, -0.25) is 9.36 Å². The molecule has 0 N–H and O–H groups in total. The van der Waals surface area contributed by atoms with Crippen LogP contribution in [0.4, 0.5) is 4.39 Å². The second-order valence-corrected chi connectivity index (χ2v) is 4.85. The Kier molecular flexibility index (Phi) is 3.39. The maximum absolute atomic E-state index is 14.2. The molecule has 7 heteroatoms. The van der Waals surface area contributed by atoms with Gasteiger partial charge in [-0.1, -0.05) is 11.6 Å². The largest absolute Gasteiger partial charge is 0.299 e. The summed E-state index contributed by atoms with van der Waals surface area (Å²) in [6, 6.07) is 2.64. The van der Waals surface area contributed by atoms with E-state index >= 15 is 0 Å². The molecular weight excluding hydrogens is 295 g/mol. The van der Waals surface area contributed by atoms with Crippen LogP contribution in [0.25, 0.3) is 22.3 Å². The Bertz CT molecular complexity index is 877. The summed E-state index contributed by atoms with van der Waals surface area (Å²) in [5.41, 5.74) is 0.310. The summed E-state index contributed by atoms with van der Waals surface area (Å²) in [7, 11) is 0. The summed E-state index contributed by atoms with van der Waals surface area (Å²) in [5, 5.41) is 0.596. The second-order valence-electron chi connectivity index (χ2n) is 4.41. The van der Waals surface area contributed by atoms with Gasteiger partial charge in [0.15, 0.2) is 5.82 Å². The summed E-state index contributed by atoms with van der Waals surface area (Å²) >= 11 is 5.71. The molecule has 106 valence electrons. The molecule has 0 unspecified atom stereocenters. The smallest absolute Gasteiger partial charge is 0.261 e. The highest BCUT2D eigenvalue weighted by molar-refractivity contribution is 6.30. The Morgan fingerprint density at radius 1 is 1.24 bits per heavy atom. The number of aromatic nitrogens is 4. The number of fused-ring (bicyclic) bond motifs is 1. The molecule has 2 heterocycles. The van der Waals surface area contributed by atoms with Crippen molar-refractivity contribution in [3.8, 4) is 11.4 Å². The van der Waals surface area contributed by atoms with Crippen LogP contribution in [0.3, 0.4) is 0 Å². The standard InChI is InChI=1S/C14H10ClFN4O/c1-2-20-7-19-12-4-9(11(16)3-10(12)14(20)21)13-17-5-8(15)6-18-13/h3-7H,2H2,1H3. The van der Waals surface area contributed by atoms with Gasteiger partial charge in [0.05, 0.1) is 27.8 Å². The average molecular weight is 305 g/mol. The van der Waals surface area contributed by atoms with Gasteiger partial charge in [-0.05, 0) is 19.1 Å². The molecule has 0 radical (unpaired) electrons. The van der Waals surface area contributed by atoms with E-state index in [9.17, 15) is 9.18 Å². The molecule has 3 rings (SSSR count). The van der Waals surface area contributed by atoms with Gasteiger partial charge in [-0.25, -0.2) is 19.3 Å². The van der Waals surface area contributed by atoms with E-state index in [1.54, 1.807) is 0 Å². The molecule has 1 aromatic carbocycles. The van der Waals surface area contributed by atoms with Crippen molar-refractivity contribution in [2.45, 2.75) is 13.5 Å². The topological polar surface area (TPSA) is 60.7 Å². The van der Waals surface area contributed by atoms with Crippen molar-refractivity contribution < 1.29 is 4.39 Å². The summed E-state index contributed by atoms with van der Waals surface area (Å²) in [4.78, 5) is 24.2. The third kappa shape index (κ3) is 2.38. The van der Waals surface area contributed by atoms with E-state index in [1.165, 1.54) is 35.4 Å². The van der Waals surface area contributed by atoms with Crippen LogP contribution in [0.2, 0.25) is 5.02 Å². The number of hydrogen-bond acceptors (Lipinski definition) is 4. The van der Waals surface area contributed by atoms with E-state index in [-0.39, 0.29) is 22.3 Å². The Morgan fingerprint density at radius 3 is 2.62 bits per heavy atom. The predicted molar refractivity (Wildman–Crippen MR) is 77.7 cm³/mol. The fourth-order valence-electron chi connectivity index (χ4n) is 2.03. The van der Waals surface area contributed by atoms with Crippen molar-refractivity contribution in [3.05, 3.63) is 52.0 Å². The van der Waals surface area contributed by atoms with Gasteiger partial charge in [0.2, 0.25) is 0 Å². The van der Waals surface area contributed by atoms with E-state index in [0.29, 0.717) is 17.1 Å². The first-order valence-corrected chi connectivity index (χ1v) is 6.64. The minimum Gasteiger partial charge on any atom is -0.299 e. The van der Waals surface area contributed by atoms with Crippen molar-refractivity contribution >= 4 is 22.5 Å². The monoisotopic (exact) mass is 304 g/mol. The second kappa shape index (κ2) is 5.21. The third-order valence-corrected chi connectivity index (χ3v) is 3.31. The quantitative estimate of drug-likeness (QED) is 0.730. The molecule has 0 fully saturated rings. The lowest BCUT2D eigenvalue weighted by atomic mass is 10.1. The molecule has 0 bridgehead atoms. The van der Waals surface area contributed by atoms with E-state index < -0.39 is 5.82 Å². The van der Waals surface area contributed by atoms with Gasteiger partial charge in [-0.2, -0.15) is 0 Å². The van der Waals surface area contributed by atoms with E-state index in [2.05, 4.69) is 15.0 Å². The van der Waals surface area contributed by atoms with Gasteiger partial charge in [0.25, 0.3) is 5.56 Å². The van der Waals surface area contributed by atoms with Crippen molar-refractivity contribution in [2.24, 2.45) is 0 Å².